The van der Waals surface area contributed by atoms with E-state index in [9.17, 15) is 0 Å². The van der Waals surface area contributed by atoms with Crippen molar-refractivity contribution in [2.45, 2.75) is 17.7 Å². The summed E-state index contributed by atoms with van der Waals surface area (Å²) >= 11 is 0. The average molecular weight is 463 g/mol. The van der Waals surface area contributed by atoms with E-state index in [1.165, 1.54) is 27.6 Å². The molecule has 2 bridgehead atoms. The van der Waals surface area contributed by atoms with Crippen molar-refractivity contribution in [1.29, 1.82) is 0 Å². The Morgan fingerprint density at radius 1 is 0.394 bits per heavy atom. The predicted octanol–water partition coefficient (Wildman–Crippen LogP) is 6.20. The normalized spacial score (nSPS) is 23.5. The molecule has 33 heavy (non-hydrogen) atoms. The van der Waals surface area contributed by atoms with Crippen LogP contribution >= 0.6 is 15.8 Å². The van der Waals surface area contributed by atoms with Crippen LogP contribution in [0.4, 0.5) is 0 Å². The summed E-state index contributed by atoms with van der Waals surface area (Å²) in [6, 6.07) is 45.4. The summed E-state index contributed by atoms with van der Waals surface area (Å²) < 4.78 is 0. The smallest absolute Gasteiger partial charge is 0.00137 e. The van der Waals surface area contributed by atoms with Gasteiger partial charge < -0.3 is 0 Å². The molecule has 0 radical (unpaired) electrons. The van der Waals surface area contributed by atoms with Crippen molar-refractivity contribution >= 4 is 37.1 Å². The van der Waals surface area contributed by atoms with Gasteiger partial charge in [-0.25, -0.2) is 0 Å². The third-order valence-corrected chi connectivity index (χ3v) is 13.4. The molecule has 1 fully saturated rings. The molecule has 1 saturated carbocycles. The summed E-state index contributed by atoms with van der Waals surface area (Å²) in [6.07, 6.45) is 6.42. The third kappa shape index (κ3) is 4.01. The third-order valence-electron chi connectivity index (χ3n) is 7.11. The van der Waals surface area contributed by atoms with Gasteiger partial charge >= 0.3 is 0 Å². The molecule has 162 valence electrons. The van der Waals surface area contributed by atoms with E-state index in [0.29, 0.717) is 23.2 Å². The lowest BCUT2D eigenvalue weighted by Crippen LogP contribution is -2.37. The molecular weight excluding hydrogens is 434 g/mol. The van der Waals surface area contributed by atoms with E-state index < -0.39 is 15.8 Å². The van der Waals surface area contributed by atoms with Crippen LogP contribution in [0.25, 0.3) is 0 Å². The fraction of sp³-hybridized carbons (Fsp3) is 0.161. The molecule has 0 saturated heterocycles. The first-order valence-corrected chi connectivity index (χ1v) is 14.7. The van der Waals surface area contributed by atoms with Crippen molar-refractivity contribution in [3.63, 3.8) is 0 Å². The molecule has 0 heterocycles. The molecule has 0 amide bonds. The monoisotopic (exact) mass is 462 g/mol. The van der Waals surface area contributed by atoms with Crippen LogP contribution in [-0.4, -0.2) is 11.3 Å². The minimum Gasteiger partial charge on any atom is -0.0844 e. The number of allylic oxidation sites excluding steroid dienone is 2. The Hall–Kier alpha value is -2.52. The van der Waals surface area contributed by atoms with Gasteiger partial charge in [-0.05, 0) is 55.3 Å². The van der Waals surface area contributed by atoms with Gasteiger partial charge in [0, 0.05) is 11.3 Å². The highest BCUT2D eigenvalue weighted by Crippen LogP contribution is 2.64. The molecule has 3 unspecified atom stereocenters. The van der Waals surface area contributed by atoms with E-state index >= 15 is 0 Å². The highest BCUT2D eigenvalue weighted by molar-refractivity contribution is 7.77. The van der Waals surface area contributed by atoms with E-state index in [-0.39, 0.29) is 0 Å². The Morgan fingerprint density at radius 3 is 0.939 bits per heavy atom. The Bertz CT molecular complexity index is 1030. The summed E-state index contributed by atoms with van der Waals surface area (Å²) in [4.78, 5) is 0. The number of hydrogen-bond donors (Lipinski definition) is 0. The van der Waals surface area contributed by atoms with E-state index in [2.05, 4.69) is 133 Å². The molecular formula is C31H28P2. The van der Waals surface area contributed by atoms with Crippen LogP contribution in [0.5, 0.6) is 0 Å². The van der Waals surface area contributed by atoms with Crippen LogP contribution in [0.1, 0.15) is 6.42 Å². The summed E-state index contributed by atoms with van der Waals surface area (Å²) in [5.74, 6) is 1.34. The molecule has 2 aliphatic carbocycles. The maximum Gasteiger partial charge on any atom is 0.00137 e. The molecule has 0 aliphatic heterocycles. The zero-order valence-electron chi connectivity index (χ0n) is 18.6. The maximum atomic E-state index is 2.55. The summed E-state index contributed by atoms with van der Waals surface area (Å²) in [5.41, 5.74) is 1.32. The predicted molar refractivity (Wildman–Crippen MR) is 146 cm³/mol. The zero-order valence-corrected chi connectivity index (χ0v) is 20.4. The highest BCUT2D eigenvalue weighted by Gasteiger charge is 2.51. The van der Waals surface area contributed by atoms with Crippen LogP contribution < -0.4 is 21.2 Å². The first-order valence-electron chi connectivity index (χ1n) is 11.9. The van der Waals surface area contributed by atoms with E-state index in [1.807, 2.05) is 0 Å². The number of rotatable bonds is 6. The number of hydrogen-bond acceptors (Lipinski definition) is 0. The molecule has 2 aliphatic rings. The van der Waals surface area contributed by atoms with Crippen LogP contribution in [0.3, 0.4) is 0 Å². The first kappa shape index (κ1) is 21.0. The number of fused-ring (bicyclic) bond motifs is 2. The second kappa shape index (κ2) is 9.38. The average Bonchev–Trinajstić information content (AvgIpc) is 3.50. The van der Waals surface area contributed by atoms with Gasteiger partial charge in [-0.1, -0.05) is 133 Å². The Labute approximate surface area is 199 Å². The quantitative estimate of drug-likeness (QED) is 0.237. The molecule has 0 nitrogen and oxygen atoms in total. The van der Waals surface area contributed by atoms with Gasteiger partial charge in [-0.15, -0.1) is 0 Å². The molecule has 0 aromatic heterocycles. The van der Waals surface area contributed by atoms with Crippen molar-refractivity contribution in [2.24, 2.45) is 11.8 Å². The molecule has 4 aromatic carbocycles. The fourth-order valence-corrected chi connectivity index (χ4v) is 12.8. The maximum absolute atomic E-state index is 2.55. The van der Waals surface area contributed by atoms with Crippen LogP contribution in [0, 0.1) is 11.8 Å². The van der Waals surface area contributed by atoms with Gasteiger partial charge in [-0.2, -0.15) is 0 Å². The van der Waals surface area contributed by atoms with Crippen molar-refractivity contribution in [3.05, 3.63) is 133 Å². The van der Waals surface area contributed by atoms with Crippen LogP contribution in [0.15, 0.2) is 133 Å². The molecule has 2 heteroatoms. The second-order valence-corrected chi connectivity index (χ2v) is 13.7. The van der Waals surface area contributed by atoms with E-state index in [1.54, 1.807) is 0 Å². The Balaban J connectivity index is 1.52. The fourth-order valence-electron chi connectivity index (χ4n) is 5.80. The number of benzene rings is 4. The summed E-state index contributed by atoms with van der Waals surface area (Å²) in [6.45, 7) is 0. The molecule has 4 atom stereocenters. The standard InChI is InChI=1S/C31H28P2/c1-5-13-26(14-6-1)32(27-15-7-2-8-16-27)30-24-21-22-25(23-24)31(30)33(28-17-9-3-10-18-28)29-19-11-4-12-20-29/h1-22,24-25,30-31H,23H2/t24?,25?,30-,31?/m0/s1. The van der Waals surface area contributed by atoms with Gasteiger partial charge in [0.05, 0.1) is 0 Å². The van der Waals surface area contributed by atoms with Gasteiger partial charge in [-0.3, -0.25) is 0 Å². The molecule has 6 rings (SSSR count). The van der Waals surface area contributed by atoms with Crippen molar-refractivity contribution in [3.8, 4) is 0 Å². The van der Waals surface area contributed by atoms with Crippen LogP contribution in [0.2, 0.25) is 0 Å². The van der Waals surface area contributed by atoms with Gasteiger partial charge in [0.1, 0.15) is 0 Å². The summed E-state index contributed by atoms with van der Waals surface area (Å²) in [7, 11) is -0.909. The van der Waals surface area contributed by atoms with Crippen LogP contribution in [-0.2, 0) is 0 Å². The minimum atomic E-state index is -0.454. The van der Waals surface area contributed by atoms with Gasteiger partial charge in [0.25, 0.3) is 0 Å². The lowest BCUT2D eigenvalue weighted by Gasteiger charge is -2.40. The lowest BCUT2D eigenvalue weighted by molar-refractivity contribution is 0.695. The second-order valence-electron chi connectivity index (χ2n) is 9.01. The highest BCUT2D eigenvalue weighted by atomic mass is 31.1. The molecule has 0 N–H and O–H groups in total. The van der Waals surface area contributed by atoms with E-state index in [4.69, 9.17) is 0 Å². The SMILES string of the molecule is C1=CC2CC1C(P(c1ccccc1)c1ccccc1)[C@H]2P(c1ccccc1)c1ccccc1. The first-order chi connectivity index (χ1) is 16.4. The Kier molecular flexibility index (Phi) is 5.98. The van der Waals surface area contributed by atoms with Crippen molar-refractivity contribution in [1.82, 2.24) is 0 Å². The molecule has 0 spiro atoms. The van der Waals surface area contributed by atoms with Gasteiger partial charge in [0.15, 0.2) is 0 Å². The molecule has 4 aromatic rings. The van der Waals surface area contributed by atoms with Gasteiger partial charge in [0.2, 0.25) is 0 Å². The lowest BCUT2D eigenvalue weighted by atomic mass is 10.1. The topological polar surface area (TPSA) is 0 Å². The minimum absolute atomic E-state index is 0.454. The van der Waals surface area contributed by atoms with Crippen molar-refractivity contribution in [2.75, 3.05) is 0 Å². The Morgan fingerprint density at radius 2 is 0.667 bits per heavy atom. The summed E-state index contributed by atoms with van der Waals surface area (Å²) in [5, 5.41) is 6.08. The largest absolute Gasteiger partial charge is 0.0844 e. The van der Waals surface area contributed by atoms with Crippen molar-refractivity contribution < 1.29 is 0 Å². The zero-order chi connectivity index (χ0) is 22.0. The van der Waals surface area contributed by atoms with E-state index in [0.717, 1.165) is 0 Å².